The Kier molecular flexibility index (Phi) is 17.1. The molecule has 2 aliphatic heterocycles. The van der Waals surface area contributed by atoms with Gasteiger partial charge in [0.2, 0.25) is 17.8 Å². The Labute approximate surface area is 325 Å². The van der Waals surface area contributed by atoms with Gasteiger partial charge in [-0.05, 0) is 107 Å². The highest BCUT2D eigenvalue weighted by atomic mass is 16.7. The fourth-order valence-electron chi connectivity index (χ4n) is 9.29. The van der Waals surface area contributed by atoms with Crippen LogP contribution in [-0.2, 0) is 9.57 Å². The molecule has 0 saturated carbocycles. The monoisotopic (exact) mass is 747 g/mol. The molecule has 1 unspecified atom stereocenters. The fourth-order valence-corrected chi connectivity index (χ4v) is 9.29. The summed E-state index contributed by atoms with van der Waals surface area (Å²) < 4.78 is 6.47. The lowest BCUT2D eigenvalue weighted by Gasteiger charge is -2.57. The first-order chi connectivity index (χ1) is 24.8. The van der Waals surface area contributed by atoms with E-state index in [1.807, 2.05) is 0 Å². The molecule has 2 saturated heterocycles. The summed E-state index contributed by atoms with van der Waals surface area (Å²) in [6, 6.07) is 0.225. The highest BCUT2D eigenvalue weighted by Gasteiger charge is 2.49. The normalized spacial score (nSPS) is 21.1. The second kappa shape index (κ2) is 19.9. The van der Waals surface area contributed by atoms with Crippen LogP contribution in [0.5, 0.6) is 0 Å². The third-order valence-electron chi connectivity index (χ3n) is 11.7. The molecule has 53 heavy (non-hydrogen) atoms. The first-order valence-electron chi connectivity index (χ1n) is 21.3. The fraction of sp³-hybridized carbons (Fsp3) is 0.929. The Balaban J connectivity index is 1.84. The molecule has 0 spiro atoms. The second-order valence-corrected chi connectivity index (χ2v) is 18.7. The van der Waals surface area contributed by atoms with Gasteiger partial charge < -0.3 is 29.4 Å². The maximum absolute atomic E-state index is 11.5. The Morgan fingerprint density at radius 3 is 1.43 bits per heavy atom. The van der Waals surface area contributed by atoms with Crippen LogP contribution in [0.25, 0.3) is 0 Å². The van der Waals surface area contributed by atoms with Crippen molar-refractivity contribution in [1.29, 1.82) is 0 Å². The predicted molar refractivity (Wildman–Crippen MR) is 222 cm³/mol. The zero-order valence-corrected chi connectivity index (χ0v) is 36.8. The van der Waals surface area contributed by atoms with E-state index in [0.29, 0.717) is 13.2 Å². The SMILES string of the molecule is CCCCN(CCCC)c1nc(N(CCCC)CCCC)nc(N(C)C2CC(C)(C)N(CC(O)COC3CC(C)(C)N(OC)C(C)(C)C3)C(C)(C)C2)n1. The summed E-state index contributed by atoms with van der Waals surface area (Å²) in [5.74, 6) is 2.40. The molecule has 0 amide bonds. The van der Waals surface area contributed by atoms with Crippen LogP contribution < -0.4 is 14.7 Å². The number of aromatic nitrogens is 3. The summed E-state index contributed by atoms with van der Waals surface area (Å²) in [6.07, 6.45) is 12.1. The lowest BCUT2D eigenvalue weighted by molar-refractivity contribution is -0.281. The molecule has 3 heterocycles. The van der Waals surface area contributed by atoms with Crippen LogP contribution >= 0.6 is 0 Å². The number of unbranched alkanes of at least 4 members (excludes halogenated alkanes) is 4. The quantitative estimate of drug-likeness (QED) is 0.125. The lowest BCUT2D eigenvalue weighted by atomic mass is 9.76. The maximum Gasteiger partial charge on any atom is 0.231 e. The Morgan fingerprint density at radius 1 is 0.660 bits per heavy atom. The van der Waals surface area contributed by atoms with Crippen molar-refractivity contribution < 1.29 is 14.7 Å². The van der Waals surface area contributed by atoms with Gasteiger partial charge >= 0.3 is 0 Å². The van der Waals surface area contributed by atoms with Gasteiger partial charge in [0.25, 0.3) is 0 Å². The Hall–Kier alpha value is -1.79. The number of aliphatic hydroxyl groups is 1. The number of hydroxylamine groups is 2. The molecule has 2 aliphatic rings. The van der Waals surface area contributed by atoms with E-state index in [0.717, 1.165) is 121 Å². The molecule has 0 aromatic carbocycles. The number of β-amino-alcohol motifs (C(OH)–C–C–N with tert-alkyl or cyclic N) is 1. The Bertz CT molecular complexity index is 1140. The number of anilines is 3. The molecule has 3 rings (SSSR count). The molecule has 11 nitrogen and oxygen atoms in total. The standard InChI is InChI=1S/C42H82N8O3/c1-15-19-23-47(24-20-16-2)37-43-36(44-38(45-37)48(25-21-17-3)26-22-18-4)46(13)33-27-39(5,6)49(40(7,8)28-33)31-34(51)32-53-35-29-41(9,10)50(52-14)42(11,12)30-35/h33-35,51H,15-32H2,1-14H3. The average molecular weight is 747 g/mol. The van der Waals surface area contributed by atoms with E-state index in [1.54, 1.807) is 7.11 Å². The van der Waals surface area contributed by atoms with Crippen LogP contribution in [0.2, 0.25) is 0 Å². The van der Waals surface area contributed by atoms with E-state index in [9.17, 15) is 5.11 Å². The van der Waals surface area contributed by atoms with Crippen molar-refractivity contribution in [3.05, 3.63) is 0 Å². The molecule has 0 radical (unpaired) electrons. The van der Waals surface area contributed by atoms with Gasteiger partial charge in [-0.2, -0.15) is 20.0 Å². The van der Waals surface area contributed by atoms with Crippen molar-refractivity contribution in [2.75, 3.05) is 68.2 Å². The summed E-state index contributed by atoms with van der Waals surface area (Å²) in [5, 5.41) is 13.6. The minimum Gasteiger partial charge on any atom is -0.389 e. The van der Waals surface area contributed by atoms with Gasteiger partial charge in [-0.3, -0.25) is 4.90 Å². The summed E-state index contributed by atoms with van der Waals surface area (Å²) in [4.78, 5) is 31.1. The third kappa shape index (κ3) is 12.3. The molecule has 0 aliphatic carbocycles. The summed E-state index contributed by atoms with van der Waals surface area (Å²) >= 11 is 0. The average Bonchev–Trinajstić information content (AvgIpc) is 3.07. The van der Waals surface area contributed by atoms with E-state index < -0.39 is 6.10 Å². The van der Waals surface area contributed by atoms with Gasteiger partial charge in [0.05, 0.1) is 25.9 Å². The molecule has 1 aromatic rings. The first kappa shape index (κ1) is 45.6. The number of likely N-dealkylation sites (tertiary alicyclic amines) is 1. The number of hydrogen-bond donors (Lipinski definition) is 1. The van der Waals surface area contributed by atoms with Crippen molar-refractivity contribution in [2.24, 2.45) is 0 Å². The molecular weight excluding hydrogens is 665 g/mol. The number of rotatable bonds is 22. The smallest absolute Gasteiger partial charge is 0.231 e. The maximum atomic E-state index is 11.5. The molecule has 1 N–H and O–H groups in total. The number of aliphatic hydroxyl groups excluding tert-OH is 1. The second-order valence-electron chi connectivity index (χ2n) is 18.7. The van der Waals surface area contributed by atoms with Gasteiger partial charge in [-0.1, -0.05) is 53.4 Å². The van der Waals surface area contributed by atoms with Crippen LogP contribution in [0.3, 0.4) is 0 Å². The van der Waals surface area contributed by atoms with Crippen molar-refractivity contribution in [3.63, 3.8) is 0 Å². The summed E-state index contributed by atoms with van der Waals surface area (Å²) in [6.45, 7) is 31.9. The van der Waals surface area contributed by atoms with Gasteiger partial charge in [-0.25, -0.2) is 0 Å². The molecule has 308 valence electrons. The minimum absolute atomic E-state index is 0.0661. The highest BCUT2D eigenvalue weighted by molar-refractivity contribution is 5.47. The number of hydrogen-bond acceptors (Lipinski definition) is 11. The van der Waals surface area contributed by atoms with Crippen LogP contribution in [0.1, 0.15) is 160 Å². The van der Waals surface area contributed by atoms with Gasteiger partial charge in [-0.15, -0.1) is 0 Å². The van der Waals surface area contributed by atoms with E-state index in [2.05, 4.69) is 115 Å². The minimum atomic E-state index is -0.586. The van der Waals surface area contributed by atoms with Crippen LogP contribution in [-0.4, -0.2) is 124 Å². The van der Waals surface area contributed by atoms with Crippen molar-refractivity contribution >= 4 is 17.8 Å². The Morgan fingerprint density at radius 2 is 1.06 bits per heavy atom. The molecule has 2 fully saturated rings. The zero-order chi connectivity index (χ0) is 39.6. The van der Waals surface area contributed by atoms with Gasteiger partial charge in [0.15, 0.2) is 0 Å². The van der Waals surface area contributed by atoms with Gasteiger partial charge in [0, 0.05) is 68.0 Å². The number of ether oxygens (including phenoxy) is 1. The largest absolute Gasteiger partial charge is 0.389 e. The number of piperidine rings is 2. The zero-order valence-electron chi connectivity index (χ0n) is 36.8. The summed E-state index contributed by atoms with van der Waals surface area (Å²) in [7, 11) is 3.94. The third-order valence-corrected chi connectivity index (χ3v) is 11.7. The van der Waals surface area contributed by atoms with E-state index in [1.165, 1.54) is 0 Å². The van der Waals surface area contributed by atoms with Crippen LogP contribution in [0.15, 0.2) is 0 Å². The number of nitrogens with zero attached hydrogens (tertiary/aromatic N) is 8. The topological polar surface area (TPSA) is 93.6 Å². The predicted octanol–water partition coefficient (Wildman–Crippen LogP) is 8.10. The lowest BCUT2D eigenvalue weighted by Crippen LogP contribution is -2.65. The van der Waals surface area contributed by atoms with Crippen molar-refractivity contribution in [1.82, 2.24) is 24.9 Å². The van der Waals surface area contributed by atoms with Crippen molar-refractivity contribution in [2.45, 2.75) is 201 Å². The van der Waals surface area contributed by atoms with E-state index in [4.69, 9.17) is 24.5 Å². The van der Waals surface area contributed by atoms with Crippen LogP contribution in [0, 0.1) is 0 Å². The van der Waals surface area contributed by atoms with E-state index in [-0.39, 0.29) is 34.3 Å². The molecule has 0 bridgehead atoms. The van der Waals surface area contributed by atoms with Crippen molar-refractivity contribution in [3.8, 4) is 0 Å². The first-order valence-corrected chi connectivity index (χ1v) is 21.3. The van der Waals surface area contributed by atoms with Crippen LogP contribution in [0.4, 0.5) is 17.8 Å². The van der Waals surface area contributed by atoms with E-state index >= 15 is 0 Å². The molecule has 11 heteroatoms. The molecule has 1 aromatic heterocycles. The summed E-state index contributed by atoms with van der Waals surface area (Å²) in [5.41, 5.74) is -0.652. The molecule has 1 atom stereocenters. The highest BCUT2D eigenvalue weighted by Crippen LogP contribution is 2.42. The molecular formula is C42H82N8O3. The van der Waals surface area contributed by atoms with Gasteiger partial charge in [0.1, 0.15) is 0 Å².